The molecule has 0 aromatic carbocycles. The van der Waals surface area contributed by atoms with Crippen molar-refractivity contribution in [3.05, 3.63) is 11.6 Å². The number of ether oxygens (including phenoxy) is 5. The molecule has 3 heterocycles. The molecule has 0 aromatic rings. The van der Waals surface area contributed by atoms with Gasteiger partial charge >= 0.3 is 11.9 Å². The molecule has 15 heteroatoms. The highest BCUT2D eigenvalue weighted by Gasteiger charge is 2.71. The number of fused-ring (bicyclic) bond motifs is 5. The Hall–Kier alpha value is -1.76. The standard InChI is InChI=1S/C35H52O15/c1-15-24(38)26(40)28(42)30(47-15)48-18-5-9-34(32(44)50-31-29(43)27(41)25(39)22(13-36)49-31)17(12-18)3-4-21-20(34)6-8-33(2)19(7-10-35(21,33)45)16-11-23(37)46-14-16/h11,15,17-22,24-31,36,38-43,45H,3-10,12-14H2,1-2H3. The van der Waals surface area contributed by atoms with Gasteiger partial charge in [-0.25, -0.2) is 4.79 Å². The predicted molar refractivity (Wildman–Crippen MR) is 167 cm³/mol. The molecule has 18 unspecified atom stereocenters. The molecule has 15 nitrogen and oxygen atoms in total. The normalized spacial score (nSPS) is 53.4. The van der Waals surface area contributed by atoms with Gasteiger partial charge in [0.15, 0.2) is 6.29 Å². The van der Waals surface area contributed by atoms with E-state index >= 15 is 0 Å². The van der Waals surface area contributed by atoms with E-state index in [-0.39, 0.29) is 42.7 Å². The number of carbonyl (C=O) groups is 2. The third kappa shape index (κ3) is 5.49. The van der Waals surface area contributed by atoms with Gasteiger partial charge in [-0.2, -0.15) is 0 Å². The van der Waals surface area contributed by atoms with Crippen LogP contribution in [0.15, 0.2) is 11.6 Å². The van der Waals surface area contributed by atoms with Gasteiger partial charge in [-0.05, 0) is 94.0 Å². The summed E-state index contributed by atoms with van der Waals surface area (Å²) in [6.07, 6.45) is -8.89. The summed E-state index contributed by atoms with van der Waals surface area (Å²) >= 11 is 0. The lowest BCUT2D eigenvalue weighted by molar-refractivity contribution is -0.313. The first-order chi connectivity index (χ1) is 23.7. The van der Waals surface area contributed by atoms with Crippen LogP contribution in [0.2, 0.25) is 0 Å². The first kappa shape index (κ1) is 36.6. The van der Waals surface area contributed by atoms with E-state index < -0.39 is 96.5 Å². The smallest absolute Gasteiger partial charge is 0.331 e. The van der Waals surface area contributed by atoms with E-state index in [4.69, 9.17) is 23.7 Å². The van der Waals surface area contributed by atoms with Crippen LogP contribution < -0.4 is 0 Å². The molecule has 282 valence electrons. The number of rotatable bonds is 6. The van der Waals surface area contributed by atoms with Gasteiger partial charge in [0.1, 0.15) is 49.3 Å². The van der Waals surface area contributed by atoms with E-state index in [2.05, 4.69) is 6.92 Å². The van der Waals surface area contributed by atoms with Crippen molar-refractivity contribution in [2.24, 2.45) is 34.5 Å². The van der Waals surface area contributed by atoms with Crippen LogP contribution >= 0.6 is 0 Å². The lowest BCUT2D eigenvalue weighted by Gasteiger charge is -2.63. The van der Waals surface area contributed by atoms with E-state index in [1.807, 2.05) is 0 Å². The van der Waals surface area contributed by atoms with E-state index in [1.165, 1.54) is 0 Å². The number of carbonyl (C=O) groups excluding carboxylic acids is 2. The van der Waals surface area contributed by atoms with Crippen molar-refractivity contribution in [3.8, 4) is 0 Å². The molecule has 3 aliphatic heterocycles. The maximum Gasteiger partial charge on any atom is 0.331 e. The Morgan fingerprint density at radius 1 is 0.860 bits per heavy atom. The summed E-state index contributed by atoms with van der Waals surface area (Å²) in [4.78, 5) is 26.7. The highest BCUT2D eigenvalue weighted by atomic mass is 16.7. The van der Waals surface area contributed by atoms with Crippen LogP contribution in [0, 0.1) is 34.5 Å². The summed E-state index contributed by atoms with van der Waals surface area (Å²) in [5, 5.41) is 85.2. The average Bonchev–Trinajstić information content (AvgIpc) is 3.65. The summed E-state index contributed by atoms with van der Waals surface area (Å²) in [5.74, 6) is -2.09. The fourth-order valence-electron chi connectivity index (χ4n) is 11.2. The second kappa shape index (κ2) is 13.3. The Bertz CT molecular complexity index is 1340. The molecule has 0 bridgehead atoms. The topological polar surface area (TPSA) is 242 Å². The molecule has 18 atom stereocenters. The largest absolute Gasteiger partial charge is 0.458 e. The van der Waals surface area contributed by atoms with E-state index in [1.54, 1.807) is 13.0 Å². The van der Waals surface area contributed by atoms with Crippen molar-refractivity contribution in [2.45, 2.75) is 145 Å². The molecule has 4 aliphatic carbocycles. The first-order valence-electron chi connectivity index (χ1n) is 18.1. The number of cyclic esters (lactones) is 1. The maximum absolute atomic E-state index is 14.7. The van der Waals surface area contributed by atoms with Gasteiger partial charge in [0.05, 0.1) is 29.8 Å². The van der Waals surface area contributed by atoms with Crippen molar-refractivity contribution >= 4 is 11.9 Å². The highest BCUT2D eigenvalue weighted by Crippen LogP contribution is 2.70. The van der Waals surface area contributed by atoms with Crippen molar-refractivity contribution in [2.75, 3.05) is 13.2 Å². The number of aliphatic hydroxyl groups is 8. The number of hydrogen-bond donors (Lipinski definition) is 8. The van der Waals surface area contributed by atoms with Gasteiger partial charge in [0.25, 0.3) is 0 Å². The predicted octanol–water partition coefficient (Wildman–Crippen LogP) is -1.22. The molecule has 0 amide bonds. The van der Waals surface area contributed by atoms with Gasteiger partial charge < -0.3 is 64.5 Å². The van der Waals surface area contributed by atoms with Crippen molar-refractivity contribution in [1.29, 1.82) is 0 Å². The minimum absolute atomic E-state index is 0.0584. The zero-order valence-corrected chi connectivity index (χ0v) is 28.5. The monoisotopic (exact) mass is 712 g/mol. The van der Waals surface area contributed by atoms with Crippen molar-refractivity contribution in [1.82, 2.24) is 0 Å². The van der Waals surface area contributed by atoms with E-state index in [0.29, 0.717) is 51.4 Å². The second-order valence-electron chi connectivity index (χ2n) is 16.1. The minimum atomic E-state index is -1.78. The maximum atomic E-state index is 14.7. The Morgan fingerprint density at radius 2 is 1.58 bits per heavy atom. The van der Waals surface area contributed by atoms with Crippen molar-refractivity contribution in [3.63, 3.8) is 0 Å². The summed E-state index contributed by atoms with van der Waals surface area (Å²) < 4.78 is 28.7. The van der Waals surface area contributed by atoms with Gasteiger partial charge in [0.2, 0.25) is 6.29 Å². The Kier molecular flexibility index (Phi) is 9.71. The van der Waals surface area contributed by atoms with Gasteiger partial charge in [-0.3, -0.25) is 4.79 Å². The van der Waals surface area contributed by atoms with Crippen LogP contribution in [0.25, 0.3) is 0 Å². The number of aliphatic hydroxyl groups excluding tert-OH is 7. The third-order valence-corrected chi connectivity index (χ3v) is 14.0. The summed E-state index contributed by atoms with van der Waals surface area (Å²) in [6, 6.07) is 0. The molecular weight excluding hydrogens is 660 g/mol. The Balaban J connectivity index is 1.18. The van der Waals surface area contributed by atoms with Crippen LogP contribution in [0.5, 0.6) is 0 Å². The highest BCUT2D eigenvalue weighted by molar-refractivity contribution is 5.85. The molecule has 50 heavy (non-hydrogen) atoms. The Morgan fingerprint density at radius 3 is 2.28 bits per heavy atom. The average molecular weight is 713 g/mol. The van der Waals surface area contributed by atoms with Crippen LogP contribution in [0.3, 0.4) is 0 Å². The fourth-order valence-corrected chi connectivity index (χ4v) is 11.2. The summed E-state index contributed by atoms with van der Waals surface area (Å²) in [6.45, 7) is 3.16. The lowest BCUT2D eigenvalue weighted by atomic mass is 9.42. The SMILES string of the molecule is CC1OC(OC2CCC3(C(=O)OC4OC(CO)C(O)C(O)C4O)C(CCC4C3CCC3(C)C(C5=CC(=O)OC5)CCC43O)C2)C(O)C(O)C1O. The molecule has 7 aliphatic rings. The molecule has 0 radical (unpaired) electrons. The summed E-state index contributed by atoms with van der Waals surface area (Å²) in [5.41, 5.74) is -2.01. The molecule has 4 saturated carbocycles. The molecule has 0 spiro atoms. The van der Waals surface area contributed by atoms with Crippen molar-refractivity contribution < 1.29 is 74.1 Å². The van der Waals surface area contributed by atoms with Crippen LogP contribution in [-0.4, -0.2) is 139 Å². The molecule has 6 fully saturated rings. The zero-order chi connectivity index (χ0) is 35.9. The van der Waals surface area contributed by atoms with Gasteiger partial charge in [-0.1, -0.05) is 6.92 Å². The fraction of sp³-hybridized carbons (Fsp3) is 0.886. The third-order valence-electron chi connectivity index (χ3n) is 14.0. The molecule has 0 aromatic heterocycles. The van der Waals surface area contributed by atoms with Gasteiger partial charge in [-0.15, -0.1) is 0 Å². The first-order valence-corrected chi connectivity index (χ1v) is 18.1. The molecule has 2 saturated heterocycles. The van der Waals surface area contributed by atoms with Crippen LogP contribution in [-0.2, 0) is 33.3 Å². The van der Waals surface area contributed by atoms with Gasteiger partial charge in [0, 0.05) is 11.5 Å². The number of hydrogen-bond acceptors (Lipinski definition) is 15. The molecule has 8 N–H and O–H groups in total. The van der Waals surface area contributed by atoms with Crippen LogP contribution in [0.4, 0.5) is 0 Å². The number of esters is 2. The second-order valence-corrected chi connectivity index (χ2v) is 16.1. The molecular formula is C35H52O15. The summed E-state index contributed by atoms with van der Waals surface area (Å²) in [7, 11) is 0. The van der Waals surface area contributed by atoms with Crippen LogP contribution in [0.1, 0.15) is 71.6 Å². The molecule has 7 rings (SSSR count). The van der Waals surface area contributed by atoms with E-state index in [9.17, 15) is 50.4 Å². The minimum Gasteiger partial charge on any atom is -0.458 e. The lowest BCUT2D eigenvalue weighted by Crippen LogP contribution is -2.66. The quantitative estimate of drug-likeness (QED) is 0.119. The van der Waals surface area contributed by atoms with E-state index in [0.717, 1.165) is 5.57 Å². The Labute approximate surface area is 290 Å². The zero-order valence-electron chi connectivity index (χ0n) is 28.5.